The largest absolute Gasteiger partial charge is 0.493 e. The van der Waals surface area contributed by atoms with Gasteiger partial charge in [0.15, 0.2) is 21.3 Å². The molecule has 0 radical (unpaired) electrons. The zero-order valence-corrected chi connectivity index (χ0v) is 19.7. The van der Waals surface area contributed by atoms with Crippen molar-refractivity contribution in [3.8, 4) is 11.5 Å². The molecular formula is C22H34N4O4S. The molecule has 31 heavy (non-hydrogen) atoms. The van der Waals surface area contributed by atoms with E-state index in [9.17, 15) is 8.42 Å². The van der Waals surface area contributed by atoms with Gasteiger partial charge >= 0.3 is 0 Å². The van der Waals surface area contributed by atoms with E-state index in [2.05, 4.69) is 27.1 Å². The second kappa shape index (κ2) is 11.8. The van der Waals surface area contributed by atoms with Gasteiger partial charge in [-0.05, 0) is 44.5 Å². The molecule has 1 saturated heterocycles. The smallest absolute Gasteiger partial charge is 0.163 e. The van der Waals surface area contributed by atoms with E-state index in [4.69, 9.17) is 9.47 Å². The number of sulfone groups is 1. The third-order valence-corrected chi connectivity index (χ3v) is 6.66. The molecule has 8 nitrogen and oxygen atoms in total. The predicted molar refractivity (Wildman–Crippen MR) is 127 cm³/mol. The topological polar surface area (TPSA) is 92.3 Å². The Kier molecular flexibility index (Phi) is 9.39. The quantitative estimate of drug-likeness (QED) is 0.232. The first-order chi connectivity index (χ1) is 14.7. The maximum atomic E-state index is 11.7. The minimum Gasteiger partial charge on any atom is -0.493 e. The molecule has 1 fully saturated rings. The van der Waals surface area contributed by atoms with Crippen LogP contribution in [0.1, 0.15) is 19.8 Å². The van der Waals surface area contributed by atoms with Crippen LogP contribution in [0.5, 0.6) is 11.5 Å². The van der Waals surface area contributed by atoms with E-state index in [0.29, 0.717) is 31.1 Å². The van der Waals surface area contributed by atoms with Crippen molar-refractivity contribution >= 4 is 21.4 Å². The minimum absolute atomic E-state index is 0.243. The predicted octanol–water partition coefficient (Wildman–Crippen LogP) is 2.66. The van der Waals surface area contributed by atoms with Crippen LogP contribution >= 0.6 is 0 Å². The zero-order chi connectivity index (χ0) is 22.9. The van der Waals surface area contributed by atoms with Crippen LogP contribution in [0, 0.1) is 0 Å². The van der Waals surface area contributed by atoms with Crippen LogP contribution in [0.4, 0.5) is 5.69 Å². The number of aliphatic imine (C=N–C) groups is 1. The van der Waals surface area contributed by atoms with Gasteiger partial charge in [-0.3, -0.25) is 0 Å². The molecule has 0 aromatic heterocycles. The molecule has 1 aromatic carbocycles. The summed E-state index contributed by atoms with van der Waals surface area (Å²) in [5, 5.41) is 5.91. The maximum absolute atomic E-state index is 11.7. The fourth-order valence-electron chi connectivity index (χ4n) is 3.25. The summed E-state index contributed by atoms with van der Waals surface area (Å²) < 4.78 is 34.7. The fraction of sp³-hybridized carbons (Fsp3) is 0.500. The number of benzene rings is 1. The van der Waals surface area contributed by atoms with Gasteiger partial charge in [0.1, 0.15) is 5.84 Å². The van der Waals surface area contributed by atoms with E-state index in [0.717, 1.165) is 36.7 Å². The van der Waals surface area contributed by atoms with Crippen molar-refractivity contribution in [2.75, 3.05) is 52.0 Å². The summed E-state index contributed by atoms with van der Waals surface area (Å²) in [6.07, 6.45) is 6.29. The molecule has 0 aliphatic carbocycles. The molecule has 0 bridgehead atoms. The number of anilines is 1. The minimum atomic E-state index is -2.96. The van der Waals surface area contributed by atoms with Crippen molar-refractivity contribution in [3.63, 3.8) is 0 Å². The monoisotopic (exact) mass is 450 g/mol. The van der Waals surface area contributed by atoms with Crippen LogP contribution < -0.4 is 20.1 Å². The molecule has 0 amide bonds. The first-order valence-electron chi connectivity index (χ1n) is 10.3. The standard InChI is InChI=1S/C22H34N4O4S/c1-17(23-3)9-11-24-18(2)25-19-7-8-21(29-4)22(15-19)30-14-6-12-26-13-10-20(16-26)31(5,27)28/h7-9,11,15,20,23H,1,6,10,12-14,16H2,2-5H3,(H,24,25)/b11-9-. The normalized spacial score (nSPS) is 17.7. The molecule has 0 saturated carbocycles. The van der Waals surface area contributed by atoms with Gasteiger partial charge in [0.05, 0.1) is 19.0 Å². The molecule has 2 rings (SSSR count). The van der Waals surface area contributed by atoms with E-state index in [-0.39, 0.29) is 5.25 Å². The maximum Gasteiger partial charge on any atom is 0.163 e. The Balaban J connectivity index is 1.87. The van der Waals surface area contributed by atoms with Crippen LogP contribution in [0.15, 0.2) is 47.7 Å². The SMILES string of the molecule is C=C(/C=C\N=C(C)Nc1ccc(OC)c(OCCCN2CCC(S(C)(=O)=O)C2)c1)NC. The number of methoxy groups -OCH3 is 1. The summed E-state index contributed by atoms with van der Waals surface area (Å²) in [6.45, 7) is 8.43. The molecule has 9 heteroatoms. The lowest BCUT2D eigenvalue weighted by atomic mass is 10.2. The molecule has 1 heterocycles. The van der Waals surface area contributed by atoms with Crippen molar-refractivity contribution in [1.29, 1.82) is 0 Å². The van der Waals surface area contributed by atoms with E-state index >= 15 is 0 Å². The number of nitrogens with one attached hydrogen (secondary N) is 2. The lowest BCUT2D eigenvalue weighted by Gasteiger charge is -2.17. The van der Waals surface area contributed by atoms with Crippen LogP contribution in [0.25, 0.3) is 0 Å². The first kappa shape index (κ1) is 24.7. The zero-order valence-electron chi connectivity index (χ0n) is 18.8. The Morgan fingerprint density at radius 3 is 2.81 bits per heavy atom. The Bertz CT molecular complexity index is 912. The van der Waals surface area contributed by atoms with E-state index in [1.165, 1.54) is 6.26 Å². The van der Waals surface area contributed by atoms with Crippen LogP contribution in [-0.4, -0.2) is 71.1 Å². The summed E-state index contributed by atoms with van der Waals surface area (Å²) >= 11 is 0. The summed E-state index contributed by atoms with van der Waals surface area (Å²) in [7, 11) is 0.449. The van der Waals surface area contributed by atoms with Gasteiger partial charge in [0, 0.05) is 50.0 Å². The van der Waals surface area contributed by atoms with Crippen molar-refractivity contribution in [1.82, 2.24) is 10.2 Å². The lowest BCUT2D eigenvalue weighted by molar-refractivity contribution is 0.254. The van der Waals surface area contributed by atoms with Crippen molar-refractivity contribution < 1.29 is 17.9 Å². The Labute approximate surface area is 185 Å². The van der Waals surface area contributed by atoms with Crippen molar-refractivity contribution in [2.45, 2.75) is 25.0 Å². The number of amidine groups is 1. The number of ether oxygens (including phenoxy) is 2. The van der Waals surface area contributed by atoms with Crippen LogP contribution in [0.2, 0.25) is 0 Å². The molecule has 1 atom stereocenters. The van der Waals surface area contributed by atoms with E-state index in [1.807, 2.05) is 25.1 Å². The lowest BCUT2D eigenvalue weighted by Crippen LogP contribution is -2.27. The third kappa shape index (κ3) is 8.26. The summed E-state index contributed by atoms with van der Waals surface area (Å²) in [6, 6.07) is 5.63. The molecule has 1 aliphatic heterocycles. The van der Waals surface area contributed by atoms with Crippen molar-refractivity contribution in [2.24, 2.45) is 4.99 Å². The number of likely N-dealkylation sites (tertiary alicyclic amines) is 1. The average molecular weight is 451 g/mol. The van der Waals surface area contributed by atoms with Gasteiger partial charge in [-0.15, -0.1) is 0 Å². The molecule has 1 aliphatic rings. The van der Waals surface area contributed by atoms with Crippen molar-refractivity contribution in [3.05, 3.63) is 42.8 Å². The number of hydrogen-bond donors (Lipinski definition) is 2. The highest BCUT2D eigenvalue weighted by Gasteiger charge is 2.29. The highest BCUT2D eigenvalue weighted by atomic mass is 32.2. The molecule has 0 spiro atoms. The molecular weight excluding hydrogens is 416 g/mol. The van der Waals surface area contributed by atoms with Gasteiger partial charge in [-0.2, -0.15) is 0 Å². The number of likely N-dealkylation sites (N-methyl/N-ethyl adjacent to an activating group) is 1. The summed E-state index contributed by atoms with van der Waals surface area (Å²) in [4.78, 5) is 6.51. The van der Waals surface area contributed by atoms with Crippen LogP contribution in [-0.2, 0) is 9.84 Å². The number of rotatable bonds is 11. The third-order valence-electron chi connectivity index (χ3n) is 5.06. The van der Waals surface area contributed by atoms with E-state index < -0.39 is 9.84 Å². The highest BCUT2D eigenvalue weighted by Crippen LogP contribution is 2.30. The van der Waals surface area contributed by atoms with Gasteiger partial charge in [0.25, 0.3) is 0 Å². The second-order valence-electron chi connectivity index (χ2n) is 7.54. The van der Waals surface area contributed by atoms with Crippen LogP contribution in [0.3, 0.4) is 0 Å². The Hall–Kier alpha value is -2.52. The molecule has 172 valence electrons. The fourth-order valence-corrected chi connectivity index (χ4v) is 4.27. The number of allylic oxidation sites excluding steroid dienone is 1. The summed E-state index contributed by atoms with van der Waals surface area (Å²) in [5.41, 5.74) is 1.62. The van der Waals surface area contributed by atoms with E-state index in [1.54, 1.807) is 26.4 Å². The first-order valence-corrected chi connectivity index (χ1v) is 12.2. The van der Waals surface area contributed by atoms with Gasteiger partial charge in [-0.1, -0.05) is 6.58 Å². The van der Waals surface area contributed by atoms with Gasteiger partial charge < -0.3 is 25.0 Å². The Morgan fingerprint density at radius 2 is 2.16 bits per heavy atom. The number of nitrogens with zero attached hydrogens (tertiary/aromatic N) is 2. The highest BCUT2D eigenvalue weighted by molar-refractivity contribution is 7.91. The number of hydrogen-bond acceptors (Lipinski definition) is 7. The summed E-state index contributed by atoms with van der Waals surface area (Å²) in [5.74, 6) is 2.03. The molecule has 2 N–H and O–H groups in total. The Morgan fingerprint density at radius 1 is 1.39 bits per heavy atom. The molecule has 1 unspecified atom stereocenters. The van der Waals surface area contributed by atoms with Gasteiger partial charge in [0.2, 0.25) is 0 Å². The molecule has 1 aromatic rings. The second-order valence-corrected chi connectivity index (χ2v) is 9.86. The average Bonchev–Trinajstić information content (AvgIpc) is 3.21. The van der Waals surface area contributed by atoms with Gasteiger partial charge in [-0.25, -0.2) is 13.4 Å².